The molecule has 0 unspecified atom stereocenters. The highest BCUT2D eigenvalue weighted by Crippen LogP contribution is 2.19. The molecule has 0 atom stereocenters. The Morgan fingerprint density at radius 1 is 1.40 bits per heavy atom. The minimum Gasteiger partial charge on any atom is -0.351 e. The van der Waals surface area contributed by atoms with Gasteiger partial charge < -0.3 is 10.6 Å². The molecule has 0 radical (unpaired) electrons. The number of carbonyl (C=O) groups is 1. The molecule has 0 spiro atoms. The maximum absolute atomic E-state index is 11.7. The number of aryl methyl sites for hydroxylation is 2. The zero-order valence-corrected chi connectivity index (χ0v) is 13.8. The Morgan fingerprint density at radius 2 is 2.05 bits per heavy atom. The number of aromatic nitrogens is 2. The lowest BCUT2D eigenvalue weighted by atomic mass is 10.1. The standard InChI is InChI=1S/C14H25ClN4O/c1-6-19-11(13(15)10(2)18-19)9-16-8-7-12(20)17-14(3,4)5/h16H,6-9H2,1-5H3,(H,17,20). The third kappa shape index (κ3) is 5.13. The molecule has 0 aliphatic heterocycles. The summed E-state index contributed by atoms with van der Waals surface area (Å²) in [5, 5.41) is 11.2. The summed E-state index contributed by atoms with van der Waals surface area (Å²) in [6.45, 7) is 11.9. The van der Waals surface area contributed by atoms with Crippen molar-refractivity contribution < 1.29 is 4.79 Å². The Balaban J connectivity index is 2.40. The minimum absolute atomic E-state index is 0.0521. The van der Waals surface area contributed by atoms with Crippen molar-refractivity contribution in [2.24, 2.45) is 0 Å². The van der Waals surface area contributed by atoms with Gasteiger partial charge in [0.1, 0.15) is 0 Å². The van der Waals surface area contributed by atoms with Gasteiger partial charge in [-0.05, 0) is 34.6 Å². The fourth-order valence-electron chi connectivity index (χ4n) is 1.93. The van der Waals surface area contributed by atoms with Crippen LogP contribution < -0.4 is 10.6 Å². The van der Waals surface area contributed by atoms with E-state index in [4.69, 9.17) is 11.6 Å². The van der Waals surface area contributed by atoms with Crippen molar-refractivity contribution in [3.05, 3.63) is 16.4 Å². The van der Waals surface area contributed by atoms with Crippen LogP contribution in [-0.2, 0) is 17.9 Å². The van der Waals surface area contributed by atoms with Gasteiger partial charge in [-0.2, -0.15) is 5.10 Å². The van der Waals surface area contributed by atoms with Crippen LogP contribution in [0.15, 0.2) is 0 Å². The lowest BCUT2D eigenvalue weighted by Crippen LogP contribution is -2.41. The van der Waals surface area contributed by atoms with Crippen LogP contribution in [0.1, 0.15) is 45.5 Å². The Hall–Kier alpha value is -1.07. The van der Waals surface area contributed by atoms with Crippen molar-refractivity contribution in [3.63, 3.8) is 0 Å². The van der Waals surface area contributed by atoms with E-state index in [-0.39, 0.29) is 11.4 Å². The predicted molar refractivity (Wildman–Crippen MR) is 81.9 cm³/mol. The van der Waals surface area contributed by atoms with Crippen LogP contribution in [0, 0.1) is 6.92 Å². The summed E-state index contributed by atoms with van der Waals surface area (Å²) in [5.41, 5.74) is 1.64. The van der Waals surface area contributed by atoms with Crippen LogP contribution >= 0.6 is 11.6 Å². The number of hydrogen-bond acceptors (Lipinski definition) is 3. The SMILES string of the molecule is CCn1nc(C)c(Cl)c1CNCCC(=O)NC(C)(C)C. The van der Waals surface area contributed by atoms with Crippen molar-refractivity contribution in [3.8, 4) is 0 Å². The fourth-order valence-corrected chi connectivity index (χ4v) is 2.13. The molecule has 0 aliphatic carbocycles. The fraction of sp³-hybridized carbons (Fsp3) is 0.714. The van der Waals surface area contributed by atoms with Crippen LogP contribution in [0.3, 0.4) is 0 Å². The quantitative estimate of drug-likeness (QED) is 0.792. The molecule has 1 aromatic heterocycles. The van der Waals surface area contributed by atoms with E-state index in [9.17, 15) is 4.79 Å². The number of rotatable bonds is 6. The summed E-state index contributed by atoms with van der Waals surface area (Å²) >= 11 is 6.22. The normalized spacial score (nSPS) is 11.7. The van der Waals surface area contributed by atoms with Gasteiger partial charge >= 0.3 is 0 Å². The lowest BCUT2D eigenvalue weighted by Gasteiger charge is -2.20. The van der Waals surface area contributed by atoms with Gasteiger partial charge in [0.25, 0.3) is 0 Å². The Bertz CT molecular complexity index is 462. The minimum atomic E-state index is -0.182. The first-order valence-corrected chi connectivity index (χ1v) is 7.36. The smallest absolute Gasteiger partial charge is 0.221 e. The molecule has 0 saturated carbocycles. The van der Waals surface area contributed by atoms with Crippen molar-refractivity contribution in [2.75, 3.05) is 6.54 Å². The van der Waals surface area contributed by atoms with Crippen molar-refractivity contribution in [2.45, 2.75) is 59.7 Å². The van der Waals surface area contributed by atoms with Crippen molar-refractivity contribution in [1.82, 2.24) is 20.4 Å². The average molecular weight is 301 g/mol. The second-order valence-electron chi connectivity index (χ2n) is 5.89. The van der Waals surface area contributed by atoms with E-state index in [0.717, 1.165) is 17.9 Å². The summed E-state index contributed by atoms with van der Waals surface area (Å²) in [5.74, 6) is 0.0521. The molecule has 0 saturated heterocycles. The topological polar surface area (TPSA) is 59.0 Å². The first-order chi connectivity index (χ1) is 9.24. The van der Waals surface area contributed by atoms with E-state index in [1.54, 1.807) is 0 Å². The van der Waals surface area contributed by atoms with Gasteiger partial charge in [-0.1, -0.05) is 11.6 Å². The molecule has 114 valence electrons. The van der Waals surface area contributed by atoms with E-state index in [2.05, 4.69) is 15.7 Å². The summed E-state index contributed by atoms with van der Waals surface area (Å²) in [6, 6.07) is 0. The second kappa shape index (κ2) is 7.09. The van der Waals surface area contributed by atoms with Crippen LogP contribution in [0.5, 0.6) is 0 Å². The second-order valence-corrected chi connectivity index (χ2v) is 6.26. The van der Waals surface area contributed by atoms with E-state index in [1.165, 1.54) is 0 Å². The Kier molecular flexibility index (Phi) is 6.02. The van der Waals surface area contributed by atoms with Gasteiger partial charge in [0, 0.05) is 31.6 Å². The molecule has 1 aromatic rings. The molecule has 0 aliphatic rings. The van der Waals surface area contributed by atoms with Crippen LogP contribution in [0.2, 0.25) is 5.02 Å². The number of nitrogens with one attached hydrogen (secondary N) is 2. The van der Waals surface area contributed by atoms with Gasteiger partial charge in [0.15, 0.2) is 0 Å². The van der Waals surface area contributed by atoms with E-state index >= 15 is 0 Å². The molecule has 1 rings (SSSR count). The first kappa shape index (κ1) is 17.0. The van der Waals surface area contributed by atoms with Crippen LogP contribution in [0.4, 0.5) is 0 Å². The molecule has 0 bridgehead atoms. The van der Waals surface area contributed by atoms with Crippen LogP contribution in [0.25, 0.3) is 0 Å². The van der Waals surface area contributed by atoms with E-state index in [1.807, 2.05) is 39.3 Å². The number of carbonyl (C=O) groups excluding carboxylic acids is 1. The van der Waals surface area contributed by atoms with Crippen molar-refractivity contribution >= 4 is 17.5 Å². The van der Waals surface area contributed by atoms with Crippen LogP contribution in [-0.4, -0.2) is 27.8 Å². The summed E-state index contributed by atoms with van der Waals surface area (Å²) in [6.07, 6.45) is 0.453. The Labute approximate surface area is 126 Å². The predicted octanol–water partition coefficient (Wildman–Crippen LogP) is 2.26. The third-order valence-electron chi connectivity index (χ3n) is 2.79. The van der Waals surface area contributed by atoms with Gasteiger partial charge in [-0.3, -0.25) is 9.48 Å². The highest BCUT2D eigenvalue weighted by molar-refractivity contribution is 6.31. The molecule has 0 fully saturated rings. The van der Waals surface area contributed by atoms with E-state index < -0.39 is 0 Å². The lowest BCUT2D eigenvalue weighted by molar-refractivity contribution is -0.122. The molecule has 1 heterocycles. The summed E-state index contributed by atoms with van der Waals surface area (Å²) in [7, 11) is 0. The maximum atomic E-state index is 11.7. The van der Waals surface area contributed by atoms with Gasteiger partial charge in [0.05, 0.1) is 16.4 Å². The zero-order valence-electron chi connectivity index (χ0n) is 13.0. The van der Waals surface area contributed by atoms with Gasteiger partial charge in [0.2, 0.25) is 5.91 Å². The highest BCUT2D eigenvalue weighted by atomic mass is 35.5. The van der Waals surface area contributed by atoms with Gasteiger partial charge in [-0.25, -0.2) is 0 Å². The van der Waals surface area contributed by atoms with E-state index in [0.29, 0.717) is 24.5 Å². The number of hydrogen-bond donors (Lipinski definition) is 2. The highest BCUT2D eigenvalue weighted by Gasteiger charge is 2.14. The van der Waals surface area contributed by atoms with Crippen molar-refractivity contribution in [1.29, 1.82) is 0 Å². The molecular weight excluding hydrogens is 276 g/mol. The third-order valence-corrected chi connectivity index (χ3v) is 3.28. The molecule has 2 N–H and O–H groups in total. The molecule has 6 heteroatoms. The molecule has 1 amide bonds. The summed E-state index contributed by atoms with van der Waals surface area (Å²) < 4.78 is 1.89. The molecule has 0 aromatic carbocycles. The largest absolute Gasteiger partial charge is 0.351 e. The molecular formula is C14H25ClN4O. The number of amides is 1. The molecule has 5 nitrogen and oxygen atoms in total. The average Bonchev–Trinajstić information content (AvgIpc) is 2.59. The zero-order chi connectivity index (χ0) is 15.3. The van der Waals surface area contributed by atoms with Gasteiger partial charge in [-0.15, -0.1) is 0 Å². The maximum Gasteiger partial charge on any atom is 0.221 e. The number of halogens is 1. The first-order valence-electron chi connectivity index (χ1n) is 6.98. The number of nitrogens with zero attached hydrogens (tertiary/aromatic N) is 2. The summed E-state index contributed by atoms with van der Waals surface area (Å²) in [4.78, 5) is 11.7. The monoisotopic (exact) mass is 300 g/mol. The Morgan fingerprint density at radius 3 is 2.60 bits per heavy atom. The molecule has 20 heavy (non-hydrogen) atoms.